The standard InChI is InChI=1S/C18H38N2O/c1-4-14-19-18(3,16-21)13-9-10-15-20(5-2)17-11-7-6-8-12-17/h17,19,21H,4-16H2,1-3H3. The van der Waals surface area contributed by atoms with Crippen molar-refractivity contribution in [3.05, 3.63) is 0 Å². The van der Waals surface area contributed by atoms with Gasteiger partial charge in [-0.25, -0.2) is 0 Å². The average Bonchev–Trinajstić information content (AvgIpc) is 2.54. The fraction of sp³-hybridized carbons (Fsp3) is 1.00. The molecule has 0 aromatic carbocycles. The van der Waals surface area contributed by atoms with E-state index in [9.17, 15) is 5.11 Å². The zero-order valence-electron chi connectivity index (χ0n) is 14.7. The molecule has 1 saturated carbocycles. The molecule has 0 aromatic rings. The van der Waals surface area contributed by atoms with E-state index in [1.807, 2.05) is 0 Å². The highest BCUT2D eigenvalue weighted by Gasteiger charge is 2.22. The largest absolute Gasteiger partial charge is 0.394 e. The third kappa shape index (κ3) is 7.12. The molecule has 126 valence electrons. The Labute approximate surface area is 132 Å². The van der Waals surface area contributed by atoms with Gasteiger partial charge in [-0.2, -0.15) is 0 Å². The summed E-state index contributed by atoms with van der Waals surface area (Å²) in [7, 11) is 0. The van der Waals surface area contributed by atoms with Crippen LogP contribution in [0, 0.1) is 0 Å². The van der Waals surface area contributed by atoms with Crippen molar-refractivity contribution in [1.29, 1.82) is 0 Å². The van der Waals surface area contributed by atoms with Crippen LogP contribution in [0.1, 0.15) is 78.6 Å². The molecule has 0 aliphatic heterocycles. The van der Waals surface area contributed by atoms with Crippen molar-refractivity contribution >= 4 is 0 Å². The first-order valence-corrected chi connectivity index (χ1v) is 9.25. The monoisotopic (exact) mass is 298 g/mol. The number of hydrogen-bond donors (Lipinski definition) is 2. The van der Waals surface area contributed by atoms with Crippen molar-refractivity contribution in [3.63, 3.8) is 0 Å². The van der Waals surface area contributed by atoms with Crippen LogP contribution in [0.4, 0.5) is 0 Å². The maximum Gasteiger partial charge on any atom is 0.0610 e. The van der Waals surface area contributed by atoms with Gasteiger partial charge in [-0.3, -0.25) is 0 Å². The Morgan fingerprint density at radius 2 is 1.86 bits per heavy atom. The molecule has 3 nitrogen and oxygen atoms in total. The lowest BCUT2D eigenvalue weighted by molar-refractivity contribution is 0.146. The summed E-state index contributed by atoms with van der Waals surface area (Å²) in [5.74, 6) is 0. The Kier molecular flexibility index (Phi) is 9.54. The summed E-state index contributed by atoms with van der Waals surface area (Å²) in [4.78, 5) is 2.69. The topological polar surface area (TPSA) is 35.5 Å². The number of hydrogen-bond acceptors (Lipinski definition) is 3. The van der Waals surface area contributed by atoms with Crippen molar-refractivity contribution in [2.45, 2.75) is 90.1 Å². The summed E-state index contributed by atoms with van der Waals surface area (Å²) in [5, 5.41) is 13.1. The molecule has 0 radical (unpaired) electrons. The Balaban J connectivity index is 2.23. The lowest BCUT2D eigenvalue weighted by Crippen LogP contribution is -2.46. The predicted octanol–water partition coefficient (Wildman–Crippen LogP) is 3.56. The van der Waals surface area contributed by atoms with E-state index in [0.29, 0.717) is 0 Å². The van der Waals surface area contributed by atoms with Gasteiger partial charge in [-0.1, -0.05) is 39.5 Å². The second-order valence-corrected chi connectivity index (χ2v) is 7.02. The van der Waals surface area contributed by atoms with E-state index in [0.717, 1.165) is 25.4 Å². The van der Waals surface area contributed by atoms with Crippen LogP contribution in [0.15, 0.2) is 0 Å². The van der Waals surface area contributed by atoms with Gasteiger partial charge in [-0.05, 0) is 58.7 Å². The van der Waals surface area contributed by atoms with E-state index in [-0.39, 0.29) is 12.1 Å². The highest BCUT2D eigenvalue weighted by molar-refractivity contribution is 4.82. The van der Waals surface area contributed by atoms with Gasteiger partial charge in [0.1, 0.15) is 0 Å². The predicted molar refractivity (Wildman–Crippen MR) is 91.8 cm³/mol. The first-order valence-electron chi connectivity index (χ1n) is 9.25. The Morgan fingerprint density at radius 1 is 1.14 bits per heavy atom. The Hall–Kier alpha value is -0.120. The van der Waals surface area contributed by atoms with Crippen molar-refractivity contribution < 1.29 is 5.11 Å². The summed E-state index contributed by atoms with van der Waals surface area (Å²) in [6.07, 6.45) is 11.7. The first-order chi connectivity index (χ1) is 10.1. The van der Waals surface area contributed by atoms with Gasteiger partial charge in [0.2, 0.25) is 0 Å². The van der Waals surface area contributed by atoms with Crippen LogP contribution in [0.5, 0.6) is 0 Å². The van der Waals surface area contributed by atoms with E-state index in [1.54, 1.807) is 0 Å². The van der Waals surface area contributed by atoms with Crippen molar-refractivity contribution in [2.75, 3.05) is 26.2 Å². The number of unbranched alkanes of at least 4 members (excludes halogenated alkanes) is 1. The van der Waals surface area contributed by atoms with Crippen LogP contribution < -0.4 is 5.32 Å². The van der Waals surface area contributed by atoms with E-state index in [4.69, 9.17) is 0 Å². The normalized spacial score (nSPS) is 19.9. The molecule has 1 fully saturated rings. The quantitative estimate of drug-likeness (QED) is 0.573. The Morgan fingerprint density at radius 3 is 2.43 bits per heavy atom. The van der Waals surface area contributed by atoms with Gasteiger partial charge in [0.05, 0.1) is 6.61 Å². The van der Waals surface area contributed by atoms with Crippen LogP contribution in [0.2, 0.25) is 0 Å². The second-order valence-electron chi connectivity index (χ2n) is 7.02. The smallest absolute Gasteiger partial charge is 0.0610 e. The number of rotatable bonds is 11. The average molecular weight is 299 g/mol. The van der Waals surface area contributed by atoms with Gasteiger partial charge < -0.3 is 15.3 Å². The molecular weight excluding hydrogens is 260 g/mol. The Bertz CT molecular complexity index is 254. The summed E-state index contributed by atoms with van der Waals surface area (Å²) < 4.78 is 0. The summed E-state index contributed by atoms with van der Waals surface area (Å²) in [6.45, 7) is 10.3. The number of aliphatic hydroxyl groups excluding tert-OH is 1. The molecule has 0 aromatic heterocycles. The molecule has 21 heavy (non-hydrogen) atoms. The number of nitrogens with one attached hydrogen (secondary N) is 1. The first kappa shape index (κ1) is 18.9. The highest BCUT2D eigenvalue weighted by Crippen LogP contribution is 2.23. The van der Waals surface area contributed by atoms with E-state index >= 15 is 0 Å². The highest BCUT2D eigenvalue weighted by atomic mass is 16.3. The molecule has 0 heterocycles. The van der Waals surface area contributed by atoms with Crippen LogP contribution in [-0.4, -0.2) is 47.8 Å². The fourth-order valence-electron chi connectivity index (χ4n) is 3.53. The van der Waals surface area contributed by atoms with Crippen LogP contribution in [0.3, 0.4) is 0 Å². The maximum absolute atomic E-state index is 9.60. The van der Waals surface area contributed by atoms with Crippen LogP contribution >= 0.6 is 0 Å². The van der Waals surface area contributed by atoms with Gasteiger partial charge in [0.25, 0.3) is 0 Å². The second kappa shape index (κ2) is 10.6. The SMILES string of the molecule is CCCNC(C)(CO)CCCCN(CC)C1CCCCC1. The van der Waals surface area contributed by atoms with Gasteiger partial charge in [-0.15, -0.1) is 0 Å². The van der Waals surface area contributed by atoms with Crippen molar-refractivity contribution in [3.8, 4) is 0 Å². The van der Waals surface area contributed by atoms with Crippen LogP contribution in [-0.2, 0) is 0 Å². The summed E-state index contributed by atoms with van der Waals surface area (Å²) >= 11 is 0. The van der Waals surface area contributed by atoms with Gasteiger partial charge in [0, 0.05) is 11.6 Å². The number of aliphatic hydroxyl groups is 1. The minimum absolute atomic E-state index is 0.0854. The van der Waals surface area contributed by atoms with Gasteiger partial charge in [0.15, 0.2) is 0 Å². The van der Waals surface area contributed by atoms with Crippen molar-refractivity contribution in [2.24, 2.45) is 0 Å². The molecule has 1 aliphatic rings. The van der Waals surface area contributed by atoms with Gasteiger partial charge >= 0.3 is 0 Å². The molecule has 0 spiro atoms. The third-order valence-corrected chi connectivity index (χ3v) is 5.07. The molecule has 0 bridgehead atoms. The molecule has 0 saturated heterocycles. The number of nitrogens with zero attached hydrogens (tertiary/aromatic N) is 1. The fourth-order valence-corrected chi connectivity index (χ4v) is 3.53. The molecular formula is C18H38N2O. The molecule has 2 N–H and O–H groups in total. The van der Waals surface area contributed by atoms with Crippen LogP contribution in [0.25, 0.3) is 0 Å². The van der Waals surface area contributed by atoms with E-state index in [1.165, 1.54) is 58.0 Å². The molecule has 1 rings (SSSR count). The van der Waals surface area contributed by atoms with E-state index < -0.39 is 0 Å². The third-order valence-electron chi connectivity index (χ3n) is 5.07. The minimum Gasteiger partial charge on any atom is -0.394 e. The molecule has 1 unspecified atom stereocenters. The minimum atomic E-state index is -0.0854. The summed E-state index contributed by atoms with van der Waals surface area (Å²) in [5.41, 5.74) is -0.0854. The zero-order chi connectivity index (χ0) is 15.6. The molecule has 3 heteroatoms. The lowest BCUT2D eigenvalue weighted by Gasteiger charge is -2.34. The van der Waals surface area contributed by atoms with Crippen molar-refractivity contribution in [1.82, 2.24) is 10.2 Å². The van der Waals surface area contributed by atoms with E-state index in [2.05, 4.69) is 31.0 Å². The maximum atomic E-state index is 9.60. The summed E-state index contributed by atoms with van der Waals surface area (Å²) in [6, 6.07) is 0.839. The lowest BCUT2D eigenvalue weighted by atomic mass is 9.93. The molecule has 0 amide bonds. The molecule has 1 aliphatic carbocycles. The zero-order valence-corrected chi connectivity index (χ0v) is 14.7. The molecule has 1 atom stereocenters.